The van der Waals surface area contributed by atoms with Gasteiger partial charge in [-0.1, -0.05) is 12.7 Å². The summed E-state index contributed by atoms with van der Waals surface area (Å²) in [5.41, 5.74) is 9.62. The first-order valence-electron chi connectivity index (χ1n) is 7.25. The Balaban J connectivity index is 2.12. The molecule has 8 nitrogen and oxygen atoms in total. The van der Waals surface area contributed by atoms with E-state index in [2.05, 4.69) is 38.3 Å². The van der Waals surface area contributed by atoms with E-state index in [-0.39, 0.29) is 5.95 Å². The smallest absolute Gasteiger partial charge is 0.245 e. The standard InChI is InChI=1S/C16H17N7O/c1-5-9(2)11(18-4)8-12-20-14-10(3)13(15-19-6-7-24-15)21-16(17)23(14)22-12/h5-7H,1,4,8H2,2-3H3,(H2,17,21)/b11-9-. The number of nitrogens with zero attached hydrogens (tertiary/aromatic N) is 6. The second kappa shape index (κ2) is 6.07. The molecule has 0 bridgehead atoms. The molecule has 122 valence electrons. The third-order valence-electron chi connectivity index (χ3n) is 3.70. The van der Waals surface area contributed by atoms with Crippen LogP contribution >= 0.6 is 0 Å². The molecule has 0 aromatic carbocycles. The molecule has 3 aromatic rings. The molecule has 0 spiro atoms. The van der Waals surface area contributed by atoms with Crippen molar-refractivity contribution < 1.29 is 4.42 Å². The fraction of sp³-hybridized carbons (Fsp3) is 0.188. The van der Waals surface area contributed by atoms with E-state index in [1.165, 1.54) is 10.8 Å². The summed E-state index contributed by atoms with van der Waals surface area (Å²) in [6, 6.07) is 0. The summed E-state index contributed by atoms with van der Waals surface area (Å²) < 4.78 is 6.81. The van der Waals surface area contributed by atoms with Crippen LogP contribution in [0.1, 0.15) is 18.3 Å². The molecule has 0 fully saturated rings. The summed E-state index contributed by atoms with van der Waals surface area (Å²) in [5, 5.41) is 4.41. The normalized spacial score (nSPS) is 12.2. The van der Waals surface area contributed by atoms with E-state index in [0.717, 1.165) is 16.8 Å². The summed E-state index contributed by atoms with van der Waals surface area (Å²) in [6.45, 7) is 11.1. The number of oxazole rings is 1. The number of hydrogen-bond acceptors (Lipinski definition) is 7. The molecule has 0 unspecified atom stereocenters. The van der Waals surface area contributed by atoms with Gasteiger partial charge in [0.1, 0.15) is 12.0 Å². The zero-order chi connectivity index (χ0) is 17.3. The molecular formula is C16H17N7O. The number of aliphatic imine (C=N–C) groups is 1. The molecule has 0 aliphatic rings. The number of aromatic nitrogens is 5. The highest BCUT2D eigenvalue weighted by Gasteiger charge is 2.18. The first-order valence-corrected chi connectivity index (χ1v) is 7.25. The molecule has 0 saturated heterocycles. The lowest BCUT2D eigenvalue weighted by atomic mass is 10.2. The molecule has 0 amide bonds. The third-order valence-corrected chi connectivity index (χ3v) is 3.70. The van der Waals surface area contributed by atoms with E-state index in [4.69, 9.17) is 10.2 Å². The molecule has 3 heterocycles. The number of fused-ring (bicyclic) bond motifs is 1. The van der Waals surface area contributed by atoms with Gasteiger partial charge in [-0.25, -0.2) is 15.0 Å². The van der Waals surface area contributed by atoms with Crippen LogP contribution in [0, 0.1) is 6.92 Å². The highest BCUT2D eigenvalue weighted by Crippen LogP contribution is 2.24. The van der Waals surface area contributed by atoms with E-state index in [0.29, 0.717) is 29.5 Å². The van der Waals surface area contributed by atoms with Crippen molar-refractivity contribution in [3.8, 4) is 11.6 Å². The van der Waals surface area contributed by atoms with Gasteiger partial charge < -0.3 is 10.2 Å². The predicted molar refractivity (Wildman–Crippen MR) is 91.6 cm³/mol. The Hall–Kier alpha value is -3.29. The molecule has 24 heavy (non-hydrogen) atoms. The van der Waals surface area contributed by atoms with Crippen LogP contribution in [0.15, 0.2) is 45.8 Å². The van der Waals surface area contributed by atoms with Crippen LogP contribution in [0.2, 0.25) is 0 Å². The van der Waals surface area contributed by atoms with Gasteiger partial charge in [-0.05, 0) is 26.1 Å². The maximum absolute atomic E-state index is 6.01. The Morgan fingerprint density at radius 2 is 2.25 bits per heavy atom. The van der Waals surface area contributed by atoms with E-state index < -0.39 is 0 Å². The van der Waals surface area contributed by atoms with Crippen LogP contribution in [0.3, 0.4) is 0 Å². The molecule has 0 aliphatic carbocycles. The maximum Gasteiger partial charge on any atom is 0.245 e. The van der Waals surface area contributed by atoms with Crippen molar-refractivity contribution in [3.05, 3.63) is 47.8 Å². The quantitative estimate of drug-likeness (QED) is 0.570. The van der Waals surface area contributed by atoms with Crippen LogP contribution in [-0.2, 0) is 6.42 Å². The van der Waals surface area contributed by atoms with Crippen molar-refractivity contribution in [2.24, 2.45) is 4.99 Å². The zero-order valence-electron chi connectivity index (χ0n) is 13.5. The number of nitrogens with two attached hydrogens (primary N) is 1. The fourth-order valence-electron chi connectivity index (χ4n) is 2.32. The number of anilines is 1. The number of rotatable bonds is 5. The van der Waals surface area contributed by atoms with E-state index in [9.17, 15) is 0 Å². The van der Waals surface area contributed by atoms with E-state index >= 15 is 0 Å². The average Bonchev–Trinajstić information content (AvgIpc) is 3.25. The van der Waals surface area contributed by atoms with Crippen molar-refractivity contribution in [2.45, 2.75) is 20.3 Å². The topological polar surface area (TPSA) is 107 Å². The number of nitrogen functional groups attached to an aromatic ring is 1. The van der Waals surface area contributed by atoms with Crippen LogP contribution in [0.5, 0.6) is 0 Å². The van der Waals surface area contributed by atoms with Crippen LogP contribution in [0.25, 0.3) is 17.2 Å². The summed E-state index contributed by atoms with van der Waals surface area (Å²) in [6.07, 6.45) is 5.19. The second-order valence-corrected chi connectivity index (χ2v) is 5.21. The van der Waals surface area contributed by atoms with Crippen molar-refractivity contribution in [2.75, 3.05) is 5.73 Å². The van der Waals surface area contributed by atoms with Crippen molar-refractivity contribution in [1.82, 2.24) is 24.6 Å². The number of aryl methyl sites for hydroxylation is 1. The summed E-state index contributed by atoms with van der Waals surface area (Å²) in [7, 11) is 0. The Kier molecular flexibility index (Phi) is 3.95. The van der Waals surface area contributed by atoms with Gasteiger partial charge in [0.15, 0.2) is 11.5 Å². The predicted octanol–water partition coefficient (Wildman–Crippen LogP) is 2.37. The second-order valence-electron chi connectivity index (χ2n) is 5.21. The van der Waals surface area contributed by atoms with Gasteiger partial charge in [-0.2, -0.15) is 4.52 Å². The van der Waals surface area contributed by atoms with Crippen LogP contribution < -0.4 is 5.73 Å². The minimum Gasteiger partial charge on any atom is -0.443 e. The van der Waals surface area contributed by atoms with Gasteiger partial charge in [0.05, 0.1) is 18.3 Å². The molecule has 3 rings (SSSR count). The zero-order valence-corrected chi connectivity index (χ0v) is 13.5. The van der Waals surface area contributed by atoms with E-state index in [1.807, 2.05) is 13.8 Å². The highest BCUT2D eigenvalue weighted by atomic mass is 16.3. The van der Waals surface area contributed by atoms with Gasteiger partial charge in [0.2, 0.25) is 11.8 Å². The summed E-state index contributed by atoms with van der Waals surface area (Å²) >= 11 is 0. The molecule has 0 aliphatic heterocycles. The van der Waals surface area contributed by atoms with Crippen molar-refractivity contribution in [1.29, 1.82) is 0 Å². The minimum atomic E-state index is 0.208. The van der Waals surface area contributed by atoms with E-state index in [1.54, 1.807) is 12.3 Å². The first kappa shape index (κ1) is 15.6. The molecule has 3 aromatic heterocycles. The van der Waals surface area contributed by atoms with Gasteiger partial charge >= 0.3 is 0 Å². The number of allylic oxidation sites excluding steroid dienone is 3. The third kappa shape index (κ3) is 2.58. The Bertz CT molecular complexity index is 951. The molecular weight excluding hydrogens is 306 g/mol. The van der Waals surface area contributed by atoms with Gasteiger partial charge in [0, 0.05) is 5.56 Å². The monoisotopic (exact) mass is 323 g/mol. The van der Waals surface area contributed by atoms with Crippen molar-refractivity contribution in [3.63, 3.8) is 0 Å². The average molecular weight is 323 g/mol. The minimum absolute atomic E-state index is 0.208. The van der Waals surface area contributed by atoms with Crippen LogP contribution in [0.4, 0.5) is 5.95 Å². The lowest BCUT2D eigenvalue weighted by Gasteiger charge is -2.04. The Morgan fingerprint density at radius 3 is 2.88 bits per heavy atom. The Labute approximate surface area is 138 Å². The van der Waals surface area contributed by atoms with Gasteiger partial charge in [-0.15, -0.1) is 5.10 Å². The van der Waals surface area contributed by atoms with Gasteiger partial charge in [0.25, 0.3) is 0 Å². The lowest BCUT2D eigenvalue weighted by molar-refractivity contribution is 0.571. The SMILES string of the molecule is C=C/C(C)=C(/Cc1nc2c(C)c(-c3ncco3)nc(N)n2n1)N=C. The molecule has 8 heteroatoms. The largest absolute Gasteiger partial charge is 0.443 e. The summed E-state index contributed by atoms with van der Waals surface area (Å²) in [5.74, 6) is 1.17. The molecule has 0 atom stereocenters. The molecule has 0 radical (unpaired) electrons. The van der Waals surface area contributed by atoms with Crippen molar-refractivity contribution >= 4 is 18.3 Å². The Morgan fingerprint density at radius 1 is 1.46 bits per heavy atom. The maximum atomic E-state index is 6.01. The van der Waals surface area contributed by atoms with Gasteiger partial charge in [-0.3, -0.25) is 4.99 Å². The summed E-state index contributed by atoms with van der Waals surface area (Å²) in [4.78, 5) is 17.0. The molecule has 2 N–H and O–H groups in total. The van der Waals surface area contributed by atoms with Crippen LogP contribution in [-0.4, -0.2) is 31.3 Å². The lowest BCUT2D eigenvalue weighted by Crippen LogP contribution is -2.05. The fourth-order valence-corrected chi connectivity index (χ4v) is 2.32. The number of hydrogen-bond donors (Lipinski definition) is 1. The first-order chi connectivity index (χ1) is 11.5. The molecule has 0 saturated carbocycles. The highest BCUT2D eigenvalue weighted by molar-refractivity contribution is 5.65.